The Hall–Kier alpha value is -3.08. The second-order valence-corrected chi connectivity index (χ2v) is 8.21. The van der Waals surface area contributed by atoms with E-state index in [0.29, 0.717) is 29.0 Å². The van der Waals surface area contributed by atoms with Gasteiger partial charge in [0.05, 0.1) is 30.1 Å². The first-order valence-corrected chi connectivity index (χ1v) is 10.8. The number of aliphatic hydroxyl groups excluding tert-OH is 2. The van der Waals surface area contributed by atoms with Crippen LogP contribution in [0.1, 0.15) is 42.3 Å². The smallest absolute Gasteiger partial charge is 0.338 e. The van der Waals surface area contributed by atoms with Crippen LogP contribution in [-0.2, 0) is 9.47 Å². The maximum Gasteiger partial charge on any atom is 0.338 e. The van der Waals surface area contributed by atoms with E-state index in [0.717, 1.165) is 19.3 Å². The first kappa shape index (κ1) is 20.8. The molecule has 1 saturated heterocycles. The first-order chi connectivity index (χ1) is 15.6. The molecule has 2 aliphatic rings. The number of benzene rings is 1. The Bertz CT molecular complexity index is 1090. The number of esters is 1. The number of ether oxygens (including phenoxy) is 2. The van der Waals surface area contributed by atoms with Gasteiger partial charge in [-0.1, -0.05) is 18.2 Å². The third-order valence-electron chi connectivity index (χ3n) is 6.01. The van der Waals surface area contributed by atoms with Crippen molar-refractivity contribution in [3.8, 4) is 0 Å². The SMILES string of the molecule is O=C(OC[C@@H]1C[C@@H](O)[C@H](n2cnc3c(N[C@H]4CCC[C@@H]4O)ncnc32)O1)c1ccccc1. The number of anilines is 1. The van der Waals surface area contributed by atoms with E-state index in [4.69, 9.17) is 9.47 Å². The molecule has 5 atom stereocenters. The van der Waals surface area contributed by atoms with Gasteiger partial charge >= 0.3 is 5.97 Å². The Morgan fingerprint density at radius 1 is 1.16 bits per heavy atom. The van der Waals surface area contributed by atoms with Crippen LogP contribution in [0, 0.1) is 0 Å². The molecule has 0 bridgehead atoms. The highest BCUT2D eigenvalue weighted by Crippen LogP contribution is 2.32. The van der Waals surface area contributed by atoms with Gasteiger partial charge in [0.15, 0.2) is 23.2 Å². The average molecular weight is 439 g/mol. The van der Waals surface area contributed by atoms with Crippen LogP contribution < -0.4 is 5.32 Å². The molecule has 5 rings (SSSR count). The van der Waals surface area contributed by atoms with Crippen LogP contribution in [0.4, 0.5) is 5.82 Å². The van der Waals surface area contributed by atoms with Crippen molar-refractivity contribution >= 4 is 23.0 Å². The summed E-state index contributed by atoms with van der Waals surface area (Å²) in [6, 6.07) is 8.66. The quantitative estimate of drug-likeness (QED) is 0.491. The molecule has 2 aromatic heterocycles. The highest BCUT2D eigenvalue weighted by molar-refractivity contribution is 5.89. The van der Waals surface area contributed by atoms with Gasteiger partial charge in [0, 0.05) is 6.42 Å². The van der Waals surface area contributed by atoms with Crippen LogP contribution in [-0.4, -0.2) is 66.7 Å². The van der Waals surface area contributed by atoms with E-state index in [1.54, 1.807) is 35.2 Å². The topological polar surface area (TPSA) is 132 Å². The number of fused-ring (bicyclic) bond motifs is 1. The van der Waals surface area contributed by atoms with E-state index in [-0.39, 0.29) is 12.6 Å². The predicted molar refractivity (Wildman–Crippen MR) is 114 cm³/mol. The molecular formula is C22H25N5O5. The summed E-state index contributed by atoms with van der Waals surface area (Å²) >= 11 is 0. The normalized spacial score (nSPS) is 27.6. The van der Waals surface area contributed by atoms with Crippen molar-refractivity contribution in [3.63, 3.8) is 0 Å². The number of carbonyl (C=O) groups excluding carboxylic acids is 1. The van der Waals surface area contributed by atoms with E-state index in [9.17, 15) is 15.0 Å². The Morgan fingerprint density at radius 2 is 2.00 bits per heavy atom. The van der Waals surface area contributed by atoms with E-state index >= 15 is 0 Å². The number of nitrogens with one attached hydrogen (secondary N) is 1. The van der Waals surface area contributed by atoms with Crippen molar-refractivity contribution in [2.45, 2.75) is 56.3 Å². The molecular weight excluding hydrogens is 414 g/mol. The summed E-state index contributed by atoms with van der Waals surface area (Å²) in [6.45, 7) is 0.0370. The lowest BCUT2D eigenvalue weighted by Gasteiger charge is -2.18. The van der Waals surface area contributed by atoms with Crippen molar-refractivity contribution in [3.05, 3.63) is 48.5 Å². The van der Waals surface area contributed by atoms with Gasteiger partial charge in [-0.15, -0.1) is 0 Å². The van der Waals surface area contributed by atoms with Crippen molar-refractivity contribution < 1.29 is 24.5 Å². The third-order valence-corrected chi connectivity index (χ3v) is 6.01. The van der Waals surface area contributed by atoms with Crippen molar-refractivity contribution in [1.29, 1.82) is 0 Å². The number of hydrogen-bond acceptors (Lipinski definition) is 9. The number of carbonyl (C=O) groups is 1. The van der Waals surface area contributed by atoms with E-state index in [1.807, 2.05) is 6.07 Å². The lowest BCUT2D eigenvalue weighted by Crippen LogP contribution is -2.28. The van der Waals surface area contributed by atoms with Crippen molar-refractivity contribution in [2.75, 3.05) is 11.9 Å². The van der Waals surface area contributed by atoms with Crippen LogP contribution in [0.3, 0.4) is 0 Å². The number of aromatic nitrogens is 4. The van der Waals surface area contributed by atoms with Crippen molar-refractivity contribution in [1.82, 2.24) is 19.5 Å². The summed E-state index contributed by atoms with van der Waals surface area (Å²) in [4.78, 5) is 25.2. The molecule has 0 unspecified atom stereocenters. The molecule has 32 heavy (non-hydrogen) atoms. The fraction of sp³-hybridized carbons (Fsp3) is 0.455. The van der Waals surface area contributed by atoms with Gasteiger partial charge in [-0.3, -0.25) is 4.57 Å². The van der Waals surface area contributed by atoms with Crippen LogP contribution in [0.15, 0.2) is 43.0 Å². The van der Waals surface area contributed by atoms with E-state index < -0.39 is 30.5 Å². The molecule has 0 amide bonds. The number of aliphatic hydroxyl groups is 2. The molecule has 0 radical (unpaired) electrons. The van der Waals surface area contributed by atoms with Gasteiger partial charge in [0.2, 0.25) is 0 Å². The number of imidazole rings is 1. The summed E-state index contributed by atoms with van der Waals surface area (Å²) in [6.07, 6.45) is 3.49. The van der Waals surface area contributed by atoms with E-state index in [2.05, 4.69) is 20.3 Å². The summed E-state index contributed by atoms with van der Waals surface area (Å²) in [7, 11) is 0. The molecule has 3 aromatic rings. The molecule has 1 aliphatic heterocycles. The minimum absolute atomic E-state index is 0.0370. The third kappa shape index (κ3) is 4.04. The lowest BCUT2D eigenvalue weighted by molar-refractivity contribution is -0.0531. The van der Waals surface area contributed by atoms with Crippen LogP contribution >= 0.6 is 0 Å². The summed E-state index contributed by atoms with van der Waals surface area (Å²) < 4.78 is 13.0. The van der Waals surface area contributed by atoms with Gasteiger partial charge in [-0.05, 0) is 31.4 Å². The Balaban J connectivity index is 1.28. The zero-order valence-electron chi connectivity index (χ0n) is 17.4. The van der Waals surface area contributed by atoms with Crippen LogP contribution in [0.25, 0.3) is 11.2 Å². The standard InChI is InChI=1S/C22H25N5O5/c28-16-8-4-7-15(16)26-19-18-20(24-11-23-19)27(12-25-18)21-17(29)9-14(32-21)10-31-22(30)13-5-2-1-3-6-13/h1-3,5-6,11-12,14-17,21,28-29H,4,7-10H2,(H,23,24,26)/t14-,15-,16-,17+,21+/m0/s1. The van der Waals surface area contributed by atoms with Gasteiger partial charge in [-0.2, -0.15) is 0 Å². The molecule has 1 aliphatic carbocycles. The fourth-order valence-corrected chi connectivity index (χ4v) is 4.34. The van der Waals surface area contributed by atoms with Gasteiger partial charge in [-0.25, -0.2) is 19.7 Å². The van der Waals surface area contributed by atoms with Gasteiger partial charge in [0.25, 0.3) is 0 Å². The minimum atomic E-state index is -0.809. The molecule has 168 valence electrons. The maximum absolute atomic E-state index is 12.2. The Morgan fingerprint density at radius 3 is 2.78 bits per heavy atom. The summed E-state index contributed by atoms with van der Waals surface area (Å²) in [5, 5.41) is 24.0. The molecule has 1 saturated carbocycles. The summed E-state index contributed by atoms with van der Waals surface area (Å²) in [5.74, 6) is 0.110. The highest BCUT2D eigenvalue weighted by atomic mass is 16.6. The number of nitrogens with zero attached hydrogens (tertiary/aromatic N) is 4. The monoisotopic (exact) mass is 439 g/mol. The molecule has 0 spiro atoms. The molecule has 3 heterocycles. The van der Waals surface area contributed by atoms with Crippen LogP contribution in [0.5, 0.6) is 0 Å². The fourth-order valence-electron chi connectivity index (χ4n) is 4.34. The van der Waals surface area contributed by atoms with Gasteiger partial charge in [0.1, 0.15) is 19.0 Å². The largest absolute Gasteiger partial charge is 0.459 e. The molecule has 3 N–H and O–H groups in total. The van der Waals surface area contributed by atoms with Crippen LogP contribution in [0.2, 0.25) is 0 Å². The lowest BCUT2D eigenvalue weighted by atomic mass is 10.2. The molecule has 1 aromatic carbocycles. The molecule has 2 fully saturated rings. The Labute approximate surface area is 184 Å². The Kier molecular flexibility index (Phi) is 5.73. The predicted octanol–water partition coefficient (Wildman–Crippen LogP) is 1.66. The first-order valence-electron chi connectivity index (χ1n) is 10.8. The zero-order valence-corrected chi connectivity index (χ0v) is 17.4. The highest BCUT2D eigenvalue weighted by Gasteiger charge is 2.37. The molecule has 10 nitrogen and oxygen atoms in total. The second kappa shape index (κ2) is 8.81. The maximum atomic E-state index is 12.2. The van der Waals surface area contributed by atoms with E-state index in [1.165, 1.54) is 6.33 Å². The minimum Gasteiger partial charge on any atom is -0.459 e. The number of rotatable bonds is 6. The van der Waals surface area contributed by atoms with Gasteiger partial charge < -0.3 is 25.0 Å². The number of hydrogen-bond donors (Lipinski definition) is 3. The average Bonchev–Trinajstić information content (AvgIpc) is 3.51. The van der Waals surface area contributed by atoms with Crippen molar-refractivity contribution in [2.24, 2.45) is 0 Å². The zero-order chi connectivity index (χ0) is 22.1. The molecule has 10 heteroatoms. The summed E-state index contributed by atoms with van der Waals surface area (Å²) in [5.41, 5.74) is 1.52. The second-order valence-electron chi connectivity index (χ2n) is 8.21.